The number of aromatic hydroxyl groups is 1. The van der Waals surface area contributed by atoms with Crippen molar-refractivity contribution < 1.29 is 19.7 Å². The van der Waals surface area contributed by atoms with Crippen LogP contribution in [-0.4, -0.2) is 32.3 Å². The number of imidazole rings is 1. The lowest BCUT2D eigenvalue weighted by atomic mass is 9.95. The molecular weight excluding hydrogens is 428 g/mol. The molecule has 1 saturated carbocycles. The van der Waals surface area contributed by atoms with Crippen molar-refractivity contribution in [3.05, 3.63) is 77.9 Å². The molecule has 3 aromatic carbocycles. The number of carboxylic acids is 1. The van der Waals surface area contributed by atoms with Crippen LogP contribution in [0.4, 0.5) is 0 Å². The lowest BCUT2D eigenvalue weighted by Gasteiger charge is -2.25. The predicted molar refractivity (Wildman–Crippen MR) is 132 cm³/mol. The van der Waals surface area contributed by atoms with E-state index in [1.54, 1.807) is 24.3 Å². The summed E-state index contributed by atoms with van der Waals surface area (Å²) in [4.78, 5) is 16.4. The summed E-state index contributed by atoms with van der Waals surface area (Å²) in [6.07, 6.45) is 6.63. The molecular formula is C28H28N2O4. The molecule has 0 aliphatic heterocycles. The first-order valence-electron chi connectivity index (χ1n) is 11.8. The van der Waals surface area contributed by atoms with E-state index < -0.39 is 5.97 Å². The van der Waals surface area contributed by atoms with Crippen LogP contribution in [0.3, 0.4) is 0 Å². The Kier molecular flexibility index (Phi) is 6.21. The summed E-state index contributed by atoms with van der Waals surface area (Å²) < 4.78 is 8.23. The molecule has 4 aromatic rings. The Morgan fingerprint density at radius 3 is 2.41 bits per heavy atom. The van der Waals surface area contributed by atoms with Gasteiger partial charge in [-0.05, 0) is 73.0 Å². The van der Waals surface area contributed by atoms with Crippen LogP contribution in [0.15, 0.2) is 66.7 Å². The van der Waals surface area contributed by atoms with E-state index in [9.17, 15) is 15.0 Å². The van der Waals surface area contributed by atoms with Crippen molar-refractivity contribution in [2.45, 2.75) is 44.6 Å². The number of aromatic carboxylic acids is 1. The number of hydrogen-bond donors (Lipinski definition) is 2. The maximum atomic E-state index is 11.5. The van der Waals surface area contributed by atoms with Gasteiger partial charge >= 0.3 is 5.97 Å². The molecule has 5 rings (SSSR count). The van der Waals surface area contributed by atoms with Crippen LogP contribution >= 0.6 is 0 Å². The van der Waals surface area contributed by atoms with Crippen LogP contribution in [0.1, 0.15) is 54.1 Å². The molecule has 0 spiro atoms. The second-order valence-electron chi connectivity index (χ2n) is 8.90. The molecule has 6 heteroatoms. The molecule has 6 nitrogen and oxygen atoms in total. The summed E-state index contributed by atoms with van der Waals surface area (Å²) in [5.41, 5.74) is 4.06. The van der Waals surface area contributed by atoms with Gasteiger partial charge in [0.25, 0.3) is 0 Å². The van der Waals surface area contributed by atoms with Crippen LogP contribution < -0.4 is 4.74 Å². The molecule has 1 fully saturated rings. The number of benzene rings is 3. The van der Waals surface area contributed by atoms with E-state index in [0.29, 0.717) is 12.6 Å². The zero-order valence-corrected chi connectivity index (χ0v) is 19.0. The van der Waals surface area contributed by atoms with Crippen molar-refractivity contribution in [2.24, 2.45) is 0 Å². The van der Waals surface area contributed by atoms with E-state index in [-0.39, 0.29) is 11.3 Å². The first kappa shape index (κ1) is 22.0. The van der Waals surface area contributed by atoms with Crippen LogP contribution in [0.2, 0.25) is 0 Å². The molecule has 1 aliphatic carbocycles. The van der Waals surface area contributed by atoms with Gasteiger partial charge in [0.1, 0.15) is 17.3 Å². The summed E-state index contributed by atoms with van der Waals surface area (Å²) in [7, 11) is 0. The standard InChI is InChI=1S/C28H28N2O4/c31-23-11-6-19(7-12-23)16-17-34-24-13-8-20(9-14-24)27-29-25-18-21(28(32)33)10-15-26(25)30(27)22-4-2-1-3-5-22/h6-15,18,22,31H,1-5,16-17H2,(H,32,33). The first-order chi connectivity index (χ1) is 16.6. The van der Waals surface area contributed by atoms with Crippen LogP contribution in [0.5, 0.6) is 11.5 Å². The third-order valence-corrected chi connectivity index (χ3v) is 6.58. The number of carbonyl (C=O) groups is 1. The molecule has 0 amide bonds. The molecule has 0 atom stereocenters. The van der Waals surface area contributed by atoms with Crippen molar-refractivity contribution in [1.29, 1.82) is 0 Å². The van der Waals surface area contributed by atoms with Gasteiger partial charge in [-0.15, -0.1) is 0 Å². The largest absolute Gasteiger partial charge is 0.508 e. The number of ether oxygens (including phenoxy) is 1. The number of carboxylic acid groups (broad SMARTS) is 1. The van der Waals surface area contributed by atoms with Gasteiger partial charge in [0, 0.05) is 18.0 Å². The lowest BCUT2D eigenvalue weighted by Crippen LogP contribution is -2.14. The normalized spacial score (nSPS) is 14.4. The van der Waals surface area contributed by atoms with E-state index in [4.69, 9.17) is 9.72 Å². The molecule has 1 aromatic heterocycles. The maximum Gasteiger partial charge on any atom is 0.335 e. The quantitative estimate of drug-likeness (QED) is 0.344. The van der Waals surface area contributed by atoms with Crippen molar-refractivity contribution in [3.63, 3.8) is 0 Å². The van der Waals surface area contributed by atoms with Crippen molar-refractivity contribution in [3.8, 4) is 22.9 Å². The van der Waals surface area contributed by atoms with Gasteiger partial charge in [-0.25, -0.2) is 9.78 Å². The van der Waals surface area contributed by atoms with Crippen LogP contribution in [0, 0.1) is 0 Å². The van der Waals surface area contributed by atoms with Crippen molar-refractivity contribution in [1.82, 2.24) is 9.55 Å². The number of phenolic OH excluding ortho intramolecular Hbond substituents is 1. The van der Waals surface area contributed by atoms with E-state index in [1.807, 2.05) is 42.5 Å². The maximum absolute atomic E-state index is 11.5. The predicted octanol–water partition coefficient (Wildman–Crippen LogP) is 6.23. The van der Waals surface area contributed by atoms with E-state index in [1.165, 1.54) is 19.3 Å². The fraction of sp³-hybridized carbons (Fsp3) is 0.286. The van der Waals surface area contributed by atoms with Gasteiger partial charge in [-0.3, -0.25) is 0 Å². The number of fused-ring (bicyclic) bond motifs is 1. The zero-order chi connectivity index (χ0) is 23.5. The zero-order valence-electron chi connectivity index (χ0n) is 19.0. The molecule has 0 radical (unpaired) electrons. The molecule has 0 unspecified atom stereocenters. The highest BCUT2D eigenvalue weighted by molar-refractivity contribution is 5.93. The summed E-state index contributed by atoms with van der Waals surface area (Å²) in [5, 5.41) is 18.8. The highest BCUT2D eigenvalue weighted by Crippen LogP contribution is 2.36. The van der Waals surface area contributed by atoms with Gasteiger partial charge in [0.15, 0.2) is 0 Å². The van der Waals surface area contributed by atoms with Gasteiger partial charge < -0.3 is 19.5 Å². The van der Waals surface area contributed by atoms with E-state index >= 15 is 0 Å². The average molecular weight is 457 g/mol. The summed E-state index contributed by atoms with van der Waals surface area (Å²) in [5.74, 6) is 0.985. The number of aromatic nitrogens is 2. The minimum absolute atomic E-state index is 0.254. The Morgan fingerprint density at radius 1 is 0.971 bits per heavy atom. The van der Waals surface area contributed by atoms with Gasteiger partial charge in [-0.1, -0.05) is 31.4 Å². The fourth-order valence-corrected chi connectivity index (χ4v) is 4.79. The Hall–Kier alpha value is -3.80. The molecule has 0 bridgehead atoms. The van der Waals surface area contributed by atoms with Crippen LogP contribution in [-0.2, 0) is 6.42 Å². The smallest absolute Gasteiger partial charge is 0.335 e. The van der Waals surface area contributed by atoms with E-state index in [0.717, 1.165) is 53.0 Å². The average Bonchev–Trinajstić information content (AvgIpc) is 3.25. The minimum Gasteiger partial charge on any atom is -0.508 e. The van der Waals surface area contributed by atoms with Gasteiger partial charge in [0.05, 0.1) is 23.2 Å². The monoisotopic (exact) mass is 456 g/mol. The Labute approximate surface area is 198 Å². The Bertz CT molecular complexity index is 1290. The van der Waals surface area contributed by atoms with Gasteiger partial charge in [0.2, 0.25) is 0 Å². The van der Waals surface area contributed by atoms with Gasteiger partial charge in [-0.2, -0.15) is 0 Å². The fourth-order valence-electron chi connectivity index (χ4n) is 4.79. The van der Waals surface area contributed by atoms with E-state index in [2.05, 4.69) is 4.57 Å². The third-order valence-electron chi connectivity index (χ3n) is 6.58. The summed E-state index contributed by atoms with van der Waals surface area (Å²) in [6, 6.07) is 20.7. The van der Waals surface area contributed by atoms with Crippen molar-refractivity contribution >= 4 is 17.0 Å². The summed E-state index contributed by atoms with van der Waals surface area (Å²) in [6.45, 7) is 0.544. The second-order valence-corrected chi connectivity index (χ2v) is 8.90. The highest BCUT2D eigenvalue weighted by Gasteiger charge is 2.23. The second kappa shape index (κ2) is 9.59. The molecule has 34 heavy (non-hydrogen) atoms. The number of phenols is 1. The number of nitrogens with zero attached hydrogens (tertiary/aromatic N) is 2. The third kappa shape index (κ3) is 4.62. The number of hydrogen-bond acceptors (Lipinski definition) is 4. The molecule has 0 saturated heterocycles. The van der Waals surface area contributed by atoms with Crippen LogP contribution in [0.25, 0.3) is 22.4 Å². The molecule has 1 heterocycles. The molecule has 1 aliphatic rings. The number of rotatable bonds is 7. The SMILES string of the molecule is O=C(O)c1ccc2c(c1)nc(-c1ccc(OCCc3ccc(O)cc3)cc1)n2C1CCCCC1. The highest BCUT2D eigenvalue weighted by atomic mass is 16.5. The Morgan fingerprint density at radius 2 is 1.71 bits per heavy atom. The first-order valence-corrected chi connectivity index (χ1v) is 11.8. The summed E-state index contributed by atoms with van der Waals surface area (Å²) >= 11 is 0. The topological polar surface area (TPSA) is 84.6 Å². The molecule has 2 N–H and O–H groups in total. The van der Waals surface area contributed by atoms with Crippen molar-refractivity contribution in [2.75, 3.05) is 6.61 Å². The molecule has 174 valence electrons. The Balaban J connectivity index is 1.39. The lowest BCUT2D eigenvalue weighted by molar-refractivity contribution is 0.0697. The minimum atomic E-state index is -0.940.